The van der Waals surface area contributed by atoms with Crippen LogP contribution in [0, 0.1) is 6.92 Å². The van der Waals surface area contributed by atoms with Crippen molar-refractivity contribution in [1.82, 2.24) is 4.37 Å². The number of carbonyl (C=O) groups is 2. The highest BCUT2D eigenvalue weighted by Gasteiger charge is 2.19. The molecule has 104 valence electrons. The quantitative estimate of drug-likeness (QED) is 0.800. The first kappa shape index (κ1) is 14.0. The molecule has 0 saturated carbocycles. The zero-order valence-electron chi connectivity index (χ0n) is 10.6. The number of hydrogen-bond donors (Lipinski definition) is 3. The van der Waals surface area contributed by atoms with Gasteiger partial charge in [-0.05, 0) is 36.2 Å². The van der Waals surface area contributed by atoms with Crippen molar-refractivity contribution in [1.29, 1.82) is 0 Å². The van der Waals surface area contributed by atoms with Crippen molar-refractivity contribution in [2.24, 2.45) is 0 Å². The Balaban J connectivity index is 2.11. The first-order valence-corrected chi connectivity index (χ1v) is 6.52. The maximum Gasteiger partial charge on any atom is 0.340 e. The second kappa shape index (κ2) is 5.70. The lowest BCUT2D eigenvalue weighted by molar-refractivity contribution is -0.115. The van der Waals surface area contributed by atoms with Crippen LogP contribution in [0.25, 0.3) is 0 Å². The lowest BCUT2D eigenvalue weighted by Crippen LogP contribution is -2.15. The van der Waals surface area contributed by atoms with Crippen LogP contribution in [0.5, 0.6) is 5.75 Å². The number of aromatic nitrogens is 1. The molecule has 0 saturated heterocycles. The molecule has 0 unspecified atom stereocenters. The predicted molar refractivity (Wildman–Crippen MR) is 74.3 cm³/mol. The van der Waals surface area contributed by atoms with Crippen LogP contribution in [0.4, 0.5) is 5.00 Å². The number of nitrogens with zero attached hydrogens (tertiary/aromatic N) is 1. The average molecular weight is 292 g/mol. The van der Waals surface area contributed by atoms with E-state index in [1.165, 1.54) is 12.1 Å². The molecule has 0 spiro atoms. The largest absolute Gasteiger partial charge is 0.508 e. The number of anilines is 1. The van der Waals surface area contributed by atoms with Gasteiger partial charge in [0.1, 0.15) is 16.3 Å². The SMILES string of the molecule is Cc1nsc(NC(=O)Cc2cccc(O)c2)c1C(=O)O. The third-order valence-corrected chi connectivity index (χ3v) is 3.46. The number of rotatable bonds is 4. The second-order valence-corrected chi connectivity index (χ2v) is 4.95. The van der Waals surface area contributed by atoms with Gasteiger partial charge in [0.05, 0.1) is 12.1 Å². The Kier molecular flexibility index (Phi) is 3.99. The zero-order valence-corrected chi connectivity index (χ0v) is 11.4. The van der Waals surface area contributed by atoms with Crippen LogP contribution >= 0.6 is 11.5 Å². The van der Waals surface area contributed by atoms with Crippen molar-refractivity contribution < 1.29 is 19.8 Å². The standard InChI is InChI=1S/C13H12N2O4S/c1-7-11(13(18)19)12(20-15-7)14-10(17)6-8-3-2-4-9(16)5-8/h2-5,16H,6H2,1H3,(H,14,17)(H,18,19). The summed E-state index contributed by atoms with van der Waals surface area (Å²) in [5.74, 6) is -1.40. The Morgan fingerprint density at radius 1 is 1.40 bits per heavy atom. The second-order valence-electron chi connectivity index (χ2n) is 4.17. The van der Waals surface area contributed by atoms with E-state index in [4.69, 9.17) is 5.11 Å². The van der Waals surface area contributed by atoms with E-state index in [1.54, 1.807) is 19.1 Å². The van der Waals surface area contributed by atoms with Gasteiger partial charge in [-0.1, -0.05) is 12.1 Å². The van der Waals surface area contributed by atoms with Crippen molar-refractivity contribution in [2.45, 2.75) is 13.3 Å². The summed E-state index contributed by atoms with van der Waals surface area (Å²) in [5, 5.41) is 21.1. The molecular weight excluding hydrogens is 280 g/mol. The van der Waals surface area contributed by atoms with E-state index in [0.717, 1.165) is 11.5 Å². The van der Waals surface area contributed by atoms with Gasteiger partial charge in [-0.2, -0.15) is 4.37 Å². The molecule has 0 aliphatic heterocycles. The molecule has 2 aromatic rings. The number of aryl methyl sites for hydroxylation is 1. The number of amides is 1. The summed E-state index contributed by atoms with van der Waals surface area (Å²) in [6.07, 6.45) is 0.0460. The van der Waals surface area contributed by atoms with Gasteiger partial charge >= 0.3 is 5.97 Å². The van der Waals surface area contributed by atoms with Gasteiger partial charge < -0.3 is 15.5 Å². The van der Waals surface area contributed by atoms with E-state index in [1.807, 2.05) is 0 Å². The number of nitrogens with one attached hydrogen (secondary N) is 1. The fourth-order valence-electron chi connectivity index (χ4n) is 1.73. The number of carboxylic acid groups (broad SMARTS) is 1. The van der Waals surface area contributed by atoms with E-state index < -0.39 is 5.97 Å². The third-order valence-electron chi connectivity index (χ3n) is 2.60. The lowest BCUT2D eigenvalue weighted by Gasteiger charge is -2.04. The van der Waals surface area contributed by atoms with Crippen molar-refractivity contribution in [3.8, 4) is 5.75 Å². The van der Waals surface area contributed by atoms with Gasteiger partial charge in [-0.3, -0.25) is 4.79 Å². The number of aromatic carboxylic acids is 1. The van der Waals surface area contributed by atoms with Gasteiger partial charge in [0.2, 0.25) is 5.91 Å². The van der Waals surface area contributed by atoms with Crippen LogP contribution < -0.4 is 5.32 Å². The van der Waals surface area contributed by atoms with Crippen molar-refractivity contribution in [3.63, 3.8) is 0 Å². The molecular formula is C13H12N2O4S. The summed E-state index contributed by atoms with van der Waals surface area (Å²) < 4.78 is 3.92. The van der Waals surface area contributed by atoms with Crippen molar-refractivity contribution in [3.05, 3.63) is 41.1 Å². The number of hydrogen-bond acceptors (Lipinski definition) is 5. The van der Waals surface area contributed by atoms with Crippen LogP contribution in [-0.2, 0) is 11.2 Å². The molecule has 20 heavy (non-hydrogen) atoms. The maximum atomic E-state index is 11.9. The van der Waals surface area contributed by atoms with E-state index in [0.29, 0.717) is 11.3 Å². The normalized spacial score (nSPS) is 10.2. The summed E-state index contributed by atoms with van der Waals surface area (Å²) >= 11 is 0.934. The summed E-state index contributed by atoms with van der Waals surface area (Å²) in [5.41, 5.74) is 1.02. The van der Waals surface area contributed by atoms with E-state index in [2.05, 4.69) is 9.69 Å². The Labute approximate surface area is 118 Å². The number of benzene rings is 1. The van der Waals surface area contributed by atoms with Crippen molar-refractivity contribution in [2.75, 3.05) is 5.32 Å². The Morgan fingerprint density at radius 2 is 2.15 bits per heavy atom. The number of phenols is 1. The Morgan fingerprint density at radius 3 is 2.80 bits per heavy atom. The van der Waals surface area contributed by atoms with Crippen LogP contribution in [0.1, 0.15) is 21.6 Å². The molecule has 7 heteroatoms. The summed E-state index contributed by atoms with van der Waals surface area (Å²) in [6, 6.07) is 6.33. The fourth-order valence-corrected chi connectivity index (χ4v) is 2.53. The first-order valence-electron chi connectivity index (χ1n) is 5.74. The summed E-state index contributed by atoms with van der Waals surface area (Å²) in [7, 11) is 0. The molecule has 6 nitrogen and oxygen atoms in total. The van der Waals surface area contributed by atoms with Gasteiger partial charge in [0.15, 0.2) is 0 Å². The molecule has 2 rings (SSSR count). The topological polar surface area (TPSA) is 99.5 Å². The zero-order chi connectivity index (χ0) is 14.7. The van der Waals surface area contributed by atoms with Crippen molar-refractivity contribution >= 4 is 28.4 Å². The molecule has 3 N–H and O–H groups in total. The maximum absolute atomic E-state index is 11.9. The lowest BCUT2D eigenvalue weighted by atomic mass is 10.1. The fraction of sp³-hybridized carbons (Fsp3) is 0.154. The number of phenolic OH excluding ortho intramolecular Hbond substituents is 1. The highest BCUT2D eigenvalue weighted by Crippen LogP contribution is 2.24. The average Bonchev–Trinajstić information content (AvgIpc) is 2.70. The minimum atomic E-state index is -1.12. The predicted octanol–water partition coefficient (Wildman–Crippen LogP) is 2.04. The molecule has 0 atom stereocenters. The van der Waals surface area contributed by atoms with Gasteiger partial charge in [0.25, 0.3) is 0 Å². The molecule has 0 aliphatic rings. The van der Waals surface area contributed by atoms with Gasteiger partial charge in [-0.15, -0.1) is 0 Å². The third kappa shape index (κ3) is 3.12. The Bertz CT molecular complexity index is 666. The summed E-state index contributed by atoms with van der Waals surface area (Å²) in [6.45, 7) is 1.57. The van der Waals surface area contributed by atoms with Gasteiger partial charge in [-0.25, -0.2) is 4.79 Å². The molecule has 1 amide bonds. The Hall–Kier alpha value is -2.41. The molecule has 1 heterocycles. The first-order chi connectivity index (χ1) is 9.47. The number of aromatic hydroxyl groups is 1. The number of carboxylic acids is 1. The molecule has 1 aromatic heterocycles. The highest BCUT2D eigenvalue weighted by atomic mass is 32.1. The smallest absolute Gasteiger partial charge is 0.340 e. The van der Waals surface area contributed by atoms with Gasteiger partial charge in [0, 0.05) is 0 Å². The van der Waals surface area contributed by atoms with E-state index in [-0.39, 0.29) is 28.6 Å². The molecule has 0 radical (unpaired) electrons. The van der Waals surface area contributed by atoms with Crippen LogP contribution in [0.2, 0.25) is 0 Å². The van der Waals surface area contributed by atoms with Crippen LogP contribution in [0.3, 0.4) is 0 Å². The monoisotopic (exact) mass is 292 g/mol. The van der Waals surface area contributed by atoms with E-state index in [9.17, 15) is 14.7 Å². The molecule has 0 aliphatic carbocycles. The molecule has 0 bridgehead atoms. The summed E-state index contributed by atoms with van der Waals surface area (Å²) in [4.78, 5) is 22.9. The molecule has 1 aromatic carbocycles. The number of carbonyl (C=O) groups excluding carboxylic acids is 1. The van der Waals surface area contributed by atoms with Crippen LogP contribution in [-0.4, -0.2) is 26.5 Å². The van der Waals surface area contributed by atoms with E-state index >= 15 is 0 Å². The minimum absolute atomic E-state index is 0.0132. The minimum Gasteiger partial charge on any atom is -0.508 e. The molecule has 0 fully saturated rings. The van der Waals surface area contributed by atoms with Crippen LogP contribution in [0.15, 0.2) is 24.3 Å². The highest BCUT2D eigenvalue weighted by molar-refractivity contribution is 7.11.